The minimum absolute atomic E-state index is 0.204. The Kier molecular flexibility index (Phi) is 4.40. The second-order valence-corrected chi connectivity index (χ2v) is 6.46. The van der Waals surface area contributed by atoms with Gasteiger partial charge in [0.1, 0.15) is 5.82 Å². The molecule has 0 aliphatic carbocycles. The van der Waals surface area contributed by atoms with E-state index in [0.717, 1.165) is 15.7 Å². The monoisotopic (exact) mass is 376 g/mol. The van der Waals surface area contributed by atoms with Gasteiger partial charge in [0.15, 0.2) is 5.17 Å². The largest absolute Gasteiger partial charge is 0.300 e. The van der Waals surface area contributed by atoms with Crippen LogP contribution in [0.25, 0.3) is 6.08 Å². The lowest BCUT2D eigenvalue weighted by atomic mass is 10.2. The summed E-state index contributed by atoms with van der Waals surface area (Å²) >= 11 is 4.62. The average molecular weight is 377 g/mol. The number of rotatable bonds is 2. The molecular formula is C16H10BrFN2OS. The number of halogens is 2. The van der Waals surface area contributed by atoms with Gasteiger partial charge < -0.3 is 5.32 Å². The number of amides is 1. The van der Waals surface area contributed by atoms with E-state index in [2.05, 4.69) is 26.2 Å². The van der Waals surface area contributed by atoms with Gasteiger partial charge >= 0.3 is 0 Å². The van der Waals surface area contributed by atoms with Crippen molar-refractivity contribution in [1.29, 1.82) is 0 Å². The van der Waals surface area contributed by atoms with Crippen LogP contribution in [0.4, 0.5) is 10.1 Å². The predicted molar refractivity (Wildman–Crippen MR) is 91.3 cm³/mol. The Bertz CT molecular complexity index is 770. The lowest BCUT2D eigenvalue weighted by Crippen LogP contribution is -2.19. The molecule has 1 aliphatic rings. The van der Waals surface area contributed by atoms with Crippen molar-refractivity contribution in [2.45, 2.75) is 0 Å². The van der Waals surface area contributed by atoms with E-state index in [1.807, 2.05) is 24.3 Å². The molecule has 0 saturated carbocycles. The fourth-order valence-electron chi connectivity index (χ4n) is 1.82. The molecule has 2 aromatic carbocycles. The molecule has 0 spiro atoms. The number of carbonyl (C=O) groups is 1. The van der Waals surface area contributed by atoms with Crippen molar-refractivity contribution in [3.05, 3.63) is 69.3 Å². The molecule has 110 valence electrons. The SMILES string of the molecule is O=C1NC(=Nc2ccc(Br)cc2)S/C1=C/c1ccc(F)cc1. The molecule has 0 radical (unpaired) electrons. The molecule has 3 nitrogen and oxygen atoms in total. The minimum Gasteiger partial charge on any atom is -0.300 e. The van der Waals surface area contributed by atoms with Crippen LogP contribution in [0.5, 0.6) is 0 Å². The summed E-state index contributed by atoms with van der Waals surface area (Å²) in [5.41, 5.74) is 1.53. The highest BCUT2D eigenvalue weighted by atomic mass is 79.9. The molecule has 1 N–H and O–H groups in total. The number of aliphatic imine (C=N–C) groups is 1. The summed E-state index contributed by atoms with van der Waals surface area (Å²) in [6.07, 6.45) is 1.71. The van der Waals surface area contributed by atoms with Crippen LogP contribution in [-0.4, -0.2) is 11.1 Å². The van der Waals surface area contributed by atoms with Gasteiger partial charge in [0.25, 0.3) is 5.91 Å². The number of nitrogens with zero attached hydrogens (tertiary/aromatic N) is 1. The Hall–Kier alpha value is -1.92. The molecule has 6 heteroatoms. The molecule has 3 rings (SSSR count). The van der Waals surface area contributed by atoms with Crippen LogP contribution in [0, 0.1) is 5.82 Å². The molecule has 1 aliphatic heterocycles. The summed E-state index contributed by atoms with van der Waals surface area (Å²) in [4.78, 5) is 16.8. The van der Waals surface area contributed by atoms with Gasteiger partial charge in [-0.25, -0.2) is 9.38 Å². The second-order valence-electron chi connectivity index (χ2n) is 4.51. The number of nitrogens with one attached hydrogen (secondary N) is 1. The van der Waals surface area contributed by atoms with E-state index in [4.69, 9.17) is 0 Å². The topological polar surface area (TPSA) is 41.5 Å². The van der Waals surface area contributed by atoms with Gasteiger partial charge in [0.2, 0.25) is 0 Å². The van der Waals surface area contributed by atoms with Crippen LogP contribution in [0.1, 0.15) is 5.56 Å². The van der Waals surface area contributed by atoms with E-state index in [1.54, 1.807) is 18.2 Å². The summed E-state index contributed by atoms with van der Waals surface area (Å²) < 4.78 is 13.9. The Morgan fingerprint density at radius 2 is 1.77 bits per heavy atom. The molecule has 1 saturated heterocycles. The molecule has 0 unspecified atom stereocenters. The molecule has 22 heavy (non-hydrogen) atoms. The second kappa shape index (κ2) is 6.46. The third kappa shape index (κ3) is 3.64. The summed E-state index contributed by atoms with van der Waals surface area (Å²) in [7, 11) is 0. The lowest BCUT2D eigenvalue weighted by molar-refractivity contribution is -0.115. The van der Waals surface area contributed by atoms with E-state index < -0.39 is 0 Å². The Morgan fingerprint density at radius 3 is 2.45 bits per heavy atom. The molecule has 0 bridgehead atoms. The lowest BCUT2D eigenvalue weighted by Gasteiger charge is -1.96. The van der Waals surface area contributed by atoms with Crippen molar-refractivity contribution in [2.24, 2.45) is 4.99 Å². The zero-order chi connectivity index (χ0) is 15.5. The van der Waals surface area contributed by atoms with Crippen LogP contribution >= 0.6 is 27.7 Å². The van der Waals surface area contributed by atoms with Crippen molar-refractivity contribution >= 4 is 50.5 Å². The summed E-state index contributed by atoms with van der Waals surface area (Å²) in [6.45, 7) is 0. The smallest absolute Gasteiger partial charge is 0.264 e. The fourth-order valence-corrected chi connectivity index (χ4v) is 2.93. The highest BCUT2D eigenvalue weighted by Gasteiger charge is 2.23. The maximum Gasteiger partial charge on any atom is 0.264 e. The van der Waals surface area contributed by atoms with Crippen molar-refractivity contribution < 1.29 is 9.18 Å². The number of carbonyl (C=O) groups excluding carboxylic acids is 1. The summed E-state index contributed by atoms with van der Waals surface area (Å²) in [6, 6.07) is 13.4. The first-order valence-electron chi connectivity index (χ1n) is 6.41. The standard InChI is InChI=1S/C16H10BrFN2OS/c17-11-3-7-13(8-4-11)19-16-20-15(21)14(22-16)9-10-1-5-12(18)6-2-10/h1-9H,(H,19,20,21)/b14-9+. The molecular weight excluding hydrogens is 367 g/mol. The minimum atomic E-state index is -0.303. The van der Waals surface area contributed by atoms with Crippen LogP contribution < -0.4 is 5.32 Å². The number of amidine groups is 1. The highest BCUT2D eigenvalue weighted by Crippen LogP contribution is 2.28. The van der Waals surface area contributed by atoms with Crippen LogP contribution in [0.3, 0.4) is 0 Å². The third-order valence-corrected chi connectivity index (χ3v) is 4.31. The van der Waals surface area contributed by atoms with Crippen LogP contribution in [0.2, 0.25) is 0 Å². The Labute approximate surface area is 139 Å². The van der Waals surface area contributed by atoms with Gasteiger partial charge in [-0.2, -0.15) is 0 Å². The van der Waals surface area contributed by atoms with Crippen LogP contribution in [-0.2, 0) is 4.79 Å². The number of benzene rings is 2. The van der Waals surface area contributed by atoms with Gasteiger partial charge in [0, 0.05) is 4.47 Å². The maximum atomic E-state index is 12.9. The third-order valence-electron chi connectivity index (χ3n) is 2.88. The van der Waals surface area contributed by atoms with Gasteiger partial charge in [-0.1, -0.05) is 28.1 Å². The maximum absolute atomic E-state index is 12.9. The van der Waals surface area contributed by atoms with Gasteiger partial charge in [-0.05, 0) is 59.8 Å². The van der Waals surface area contributed by atoms with E-state index in [-0.39, 0.29) is 11.7 Å². The first-order chi connectivity index (χ1) is 10.6. The van der Waals surface area contributed by atoms with Gasteiger partial charge in [0.05, 0.1) is 10.6 Å². The average Bonchev–Trinajstić information content (AvgIpc) is 2.84. The molecule has 1 heterocycles. The van der Waals surface area contributed by atoms with Crippen molar-refractivity contribution in [2.75, 3.05) is 0 Å². The highest BCUT2D eigenvalue weighted by molar-refractivity contribution is 9.10. The molecule has 1 fully saturated rings. The Balaban J connectivity index is 1.80. The molecule has 2 aromatic rings. The zero-order valence-corrected chi connectivity index (χ0v) is 13.6. The van der Waals surface area contributed by atoms with Crippen molar-refractivity contribution in [1.82, 2.24) is 5.32 Å². The summed E-state index contributed by atoms with van der Waals surface area (Å²) in [5.74, 6) is -0.506. The van der Waals surface area contributed by atoms with E-state index in [1.165, 1.54) is 23.9 Å². The van der Waals surface area contributed by atoms with Gasteiger partial charge in [-0.15, -0.1) is 0 Å². The number of hydrogen-bond donors (Lipinski definition) is 1. The van der Waals surface area contributed by atoms with E-state index in [9.17, 15) is 9.18 Å². The van der Waals surface area contributed by atoms with Crippen molar-refractivity contribution in [3.63, 3.8) is 0 Å². The normalized spacial score (nSPS) is 18.0. The predicted octanol–water partition coefficient (Wildman–Crippen LogP) is 4.48. The van der Waals surface area contributed by atoms with E-state index >= 15 is 0 Å². The summed E-state index contributed by atoms with van der Waals surface area (Å²) in [5, 5.41) is 3.25. The first kappa shape index (κ1) is 15.0. The number of thioether (sulfide) groups is 1. The zero-order valence-electron chi connectivity index (χ0n) is 11.2. The molecule has 0 atom stereocenters. The van der Waals surface area contributed by atoms with Crippen LogP contribution in [0.15, 0.2) is 62.9 Å². The molecule has 0 aromatic heterocycles. The molecule has 1 amide bonds. The van der Waals surface area contributed by atoms with Crippen molar-refractivity contribution in [3.8, 4) is 0 Å². The quantitative estimate of drug-likeness (QED) is 0.785. The van der Waals surface area contributed by atoms with Gasteiger partial charge in [-0.3, -0.25) is 4.79 Å². The van der Waals surface area contributed by atoms with E-state index in [0.29, 0.717) is 10.1 Å². The fraction of sp³-hybridized carbons (Fsp3) is 0. The number of hydrogen-bond acceptors (Lipinski definition) is 3. The Morgan fingerprint density at radius 1 is 1.09 bits per heavy atom. The first-order valence-corrected chi connectivity index (χ1v) is 8.02.